The van der Waals surface area contributed by atoms with Crippen LogP contribution in [0.5, 0.6) is 0 Å². The van der Waals surface area contributed by atoms with Crippen LogP contribution in [0.15, 0.2) is 24.3 Å². The van der Waals surface area contributed by atoms with Crippen LogP contribution in [0.3, 0.4) is 0 Å². The summed E-state index contributed by atoms with van der Waals surface area (Å²) in [6.07, 6.45) is 1.11. The Bertz CT molecular complexity index is 406. The van der Waals surface area contributed by atoms with Crippen LogP contribution in [-0.4, -0.2) is 52.9 Å². The summed E-state index contributed by atoms with van der Waals surface area (Å²) < 4.78 is 4.93. The van der Waals surface area contributed by atoms with Crippen LogP contribution in [0.1, 0.15) is 23.7 Å². The second kappa shape index (κ2) is 10.2. The number of methoxy groups -OCH3 is 1. The van der Waals surface area contributed by atoms with Gasteiger partial charge in [0, 0.05) is 51.6 Å². The molecule has 1 amide bonds. The molecule has 0 aromatic heterocycles. The predicted octanol–water partition coefficient (Wildman–Crippen LogP) is 1.50. The van der Waals surface area contributed by atoms with Crippen LogP contribution in [-0.2, 0) is 4.74 Å². The smallest absolute Gasteiger partial charge is 0.251 e. The van der Waals surface area contributed by atoms with Crippen molar-refractivity contribution in [2.45, 2.75) is 13.3 Å². The van der Waals surface area contributed by atoms with E-state index < -0.39 is 0 Å². The molecule has 1 aromatic rings. The molecule has 0 atom stereocenters. The first-order chi connectivity index (χ1) is 10.2. The van der Waals surface area contributed by atoms with Gasteiger partial charge in [0.1, 0.15) is 0 Å². The van der Waals surface area contributed by atoms with Crippen LogP contribution in [0.25, 0.3) is 0 Å². The van der Waals surface area contributed by atoms with Crippen molar-refractivity contribution in [1.82, 2.24) is 10.6 Å². The lowest BCUT2D eigenvalue weighted by Gasteiger charge is -2.18. The number of hydrogen-bond acceptors (Lipinski definition) is 4. The largest absolute Gasteiger partial charge is 0.383 e. The van der Waals surface area contributed by atoms with Gasteiger partial charge in [-0.2, -0.15) is 0 Å². The second-order valence-corrected chi connectivity index (χ2v) is 4.97. The Hall–Kier alpha value is -1.59. The first-order valence-corrected chi connectivity index (χ1v) is 7.48. The van der Waals surface area contributed by atoms with Crippen molar-refractivity contribution >= 4 is 11.6 Å². The highest BCUT2D eigenvalue weighted by Crippen LogP contribution is 2.13. The number of anilines is 1. The van der Waals surface area contributed by atoms with Crippen molar-refractivity contribution in [1.29, 1.82) is 0 Å². The fourth-order valence-corrected chi connectivity index (χ4v) is 2.00. The van der Waals surface area contributed by atoms with Gasteiger partial charge in [-0.1, -0.05) is 6.92 Å². The van der Waals surface area contributed by atoms with Crippen molar-refractivity contribution in [2.24, 2.45) is 0 Å². The minimum absolute atomic E-state index is 0.0340. The number of hydrogen-bond donors (Lipinski definition) is 2. The van der Waals surface area contributed by atoms with Gasteiger partial charge in [-0.15, -0.1) is 0 Å². The highest BCUT2D eigenvalue weighted by atomic mass is 16.5. The summed E-state index contributed by atoms with van der Waals surface area (Å²) in [7, 11) is 3.73. The number of ether oxygens (including phenoxy) is 1. The van der Waals surface area contributed by atoms with Gasteiger partial charge in [-0.05, 0) is 30.7 Å². The van der Waals surface area contributed by atoms with E-state index in [1.807, 2.05) is 24.3 Å². The Morgan fingerprint density at radius 3 is 2.52 bits per heavy atom. The van der Waals surface area contributed by atoms with Gasteiger partial charge >= 0.3 is 0 Å². The van der Waals surface area contributed by atoms with E-state index in [2.05, 4.69) is 29.5 Å². The van der Waals surface area contributed by atoms with Crippen LogP contribution >= 0.6 is 0 Å². The van der Waals surface area contributed by atoms with Gasteiger partial charge in [0.25, 0.3) is 5.91 Å². The quantitative estimate of drug-likeness (QED) is 0.642. The van der Waals surface area contributed by atoms with E-state index in [-0.39, 0.29) is 5.91 Å². The molecule has 0 bridgehead atoms. The highest BCUT2D eigenvalue weighted by Gasteiger charge is 2.05. The van der Waals surface area contributed by atoms with Gasteiger partial charge in [0.2, 0.25) is 0 Å². The first-order valence-electron chi connectivity index (χ1n) is 7.48. The van der Waals surface area contributed by atoms with E-state index in [9.17, 15) is 4.79 Å². The van der Waals surface area contributed by atoms with Gasteiger partial charge in [0.15, 0.2) is 0 Å². The number of amides is 1. The Morgan fingerprint density at radius 1 is 1.19 bits per heavy atom. The molecule has 0 radical (unpaired) electrons. The fourth-order valence-electron chi connectivity index (χ4n) is 2.00. The average molecular weight is 293 g/mol. The molecule has 5 nitrogen and oxygen atoms in total. The molecule has 0 saturated carbocycles. The predicted molar refractivity (Wildman–Crippen MR) is 87.1 cm³/mol. The number of nitrogens with zero attached hydrogens (tertiary/aromatic N) is 1. The maximum atomic E-state index is 12.0. The van der Waals surface area contributed by atoms with E-state index in [0.29, 0.717) is 18.7 Å². The lowest BCUT2D eigenvalue weighted by Crippen LogP contribution is -2.33. The number of benzene rings is 1. The summed E-state index contributed by atoms with van der Waals surface area (Å²) in [5.74, 6) is -0.0340. The second-order valence-electron chi connectivity index (χ2n) is 4.97. The third-order valence-corrected chi connectivity index (χ3v) is 3.20. The molecule has 1 aromatic carbocycles. The molecule has 0 heterocycles. The summed E-state index contributed by atoms with van der Waals surface area (Å²) in [6, 6.07) is 7.72. The van der Waals surface area contributed by atoms with Crippen LogP contribution in [0, 0.1) is 0 Å². The normalized spacial score (nSPS) is 10.4. The fraction of sp³-hybridized carbons (Fsp3) is 0.562. The Balaban J connectivity index is 2.34. The number of nitrogens with one attached hydrogen (secondary N) is 2. The minimum Gasteiger partial charge on any atom is -0.383 e. The Labute approximate surface area is 127 Å². The zero-order valence-electron chi connectivity index (χ0n) is 13.3. The summed E-state index contributed by atoms with van der Waals surface area (Å²) in [5, 5.41) is 6.08. The molecule has 2 N–H and O–H groups in total. The van der Waals surface area contributed by atoms with Crippen LogP contribution < -0.4 is 15.5 Å². The van der Waals surface area contributed by atoms with E-state index in [1.54, 1.807) is 7.11 Å². The Kier molecular flexibility index (Phi) is 8.47. The molecule has 0 aliphatic carbocycles. The number of carbonyl (C=O) groups is 1. The molecule has 0 unspecified atom stereocenters. The van der Waals surface area contributed by atoms with Crippen LogP contribution in [0.2, 0.25) is 0 Å². The maximum Gasteiger partial charge on any atom is 0.251 e. The molecule has 118 valence electrons. The third-order valence-electron chi connectivity index (χ3n) is 3.20. The summed E-state index contributed by atoms with van der Waals surface area (Å²) in [4.78, 5) is 14.1. The van der Waals surface area contributed by atoms with Crippen molar-refractivity contribution in [3.63, 3.8) is 0 Å². The monoisotopic (exact) mass is 293 g/mol. The molecule has 0 fully saturated rings. The van der Waals surface area contributed by atoms with E-state index in [1.165, 1.54) is 0 Å². The van der Waals surface area contributed by atoms with Gasteiger partial charge in [0.05, 0.1) is 6.61 Å². The van der Waals surface area contributed by atoms with E-state index in [4.69, 9.17) is 4.74 Å². The third kappa shape index (κ3) is 6.60. The summed E-state index contributed by atoms with van der Waals surface area (Å²) >= 11 is 0. The van der Waals surface area contributed by atoms with E-state index >= 15 is 0 Å². The minimum atomic E-state index is -0.0340. The number of rotatable bonds is 10. The topological polar surface area (TPSA) is 53.6 Å². The molecule has 1 rings (SSSR count). The standard InChI is InChI=1S/C16H27N3O2/c1-4-12-19(2)15-7-5-14(6-8-15)16(20)18-10-9-17-11-13-21-3/h5-8,17H,4,9-13H2,1-3H3,(H,18,20). The summed E-state index contributed by atoms with van der Waals surface area (Å²) in [5.41, 5.74) is 1.83. The molecule has 21 heavy (non-hydrogen) atoms. The number of carbonyl (C=O) groups excluding carboxylic acids is 1. The Morgan fingerprint density at radius 2 is 1.90 bits per heavy atom. The molecule has 0 spiro atoms. The highest BCUT2D eigenvalue weighted by molar-refractivity contribution is 5.94. The molecule has 5 heteroatoms. The van der Waals surface area contributed by atoms with E-state index in [0.717, 1.165) is 31.7 Å². The lowest BCUT2D eigenvalue weighted by atomic mass is 10.2. The average Bonchev–Trinajstić information content (AvgIpc) is 2.51. The van der Waals surface area contributed by atoms with Crippen LogP contribution in [0.4, 0.5) is 5.69 Å². The van der Waals surface area contributed by atoms with Gasteiger partial charge in [-0.3, -0.25) is 4.79 Å². The summed E-state index contributed by atoms with van der Waals surface area (Å²) in [6.45, 7) is 6.00. The molecule has 0 aliphatic heterocycles. The maximum absolute atomic E-state index is 12.0. The van der Waals surface area contributed by atoms with Crippen molar-refractivity contribution in [3.05, 3.63) is 29.8 Å². The van der Waals surface area contributed by atoms with Crippen molar-refractivity contribution in [3.8, 4) is 0 Å². The lowest BCUT2D eigenvalue weighted by molar-refractivity contribution is 0.0953. The van der Waals surface area contributed by atoms with Gasteiger partial charge in [-0.25, -0.2) is 0 Å². The SMILES string of the molecule is CCCN(C)c1ccc(C(=O)NCCNCCOC)cc1. The van der Waals surface area contributed by atoms with Crippen molar-refractivity contribution in [2.75, 3.05) is 51.8 Å². The molecular formula is C16H27N3O2. The molecule has 0 aliphatic rings. The molecule has 0 saturated heterocycles. The first kappa shape index (κ1) is 17.5. The van der Waals surface area contributed by atoms with Gasteiger partial charge < -0.3 is 20.3 Å². The zero-order chi connectivity index (χ0) is 15.5. The zero-order valence-corrected chi connectivity index (χ0v) is 13.3. The van der Waals surface area contributed by atoms with Crippen molar-refractivity contribution < 1.29 is 9.53 Å². The molecular weight excluding hydrogens is 266 g/mol.